The third-order valence-electron chi connectivity index (χ3n) is 8.94. The molecule has 0 saturated carbocycles. The first-order chi connectivity index (χ1) is 22.5. The minimum absolute atomic E-state index is 0.0788. The summed E-state index contributed by atoms with van der Waals surface area (Å²) in [5, 5.41) is 13.1. The predicted octanol–water partition coefficient (Wildman–Crippen LogP) is 9.11. The fourth-order valence-electron chi connectivity index (χ4n) is 6.48. The number of aromatic nitrogens is 3. The molecule has 2 atom stereocenters. The van der Waals surface area contributed by atoms with Crippen LogP contribution in [0.15, 0.2) is 115 Å². The van der Waals surface area contributed by atoms with Gasteiger partial charge in [-0.3, -0.25) is 4.79 Å². The van der Waals surface area contributed by atoms with E-state index in [1.54, 1.807) is 4.90 Å². The standard InChI is InChI=1S/C40H36N4O2/c1-3-4-7-13-26(2)44-39(45)33-19-12-18-31-32(24-25-34(35(31)33)40(44)46)38-42-36(29-16-10-6-11-17-29)41-37(43-38)30-22-20-28(21-23-30)27-14-8-5-9-15-27/h5-6,8-12,14-26,40,46H,3-4,7,13H2,1-2H3/t26?,40-/m0/s1. The maximum atomic E-state index is 13.9. The Hall–Kier alpha value is -5.20. The molecule has 2 heterocycles. The van der Waals surface area contributed by atoms with Crippen molar-refractivity contribution in [3.8, 4) is 45.3 Å². The second kappa shape index (κ2) is 12.7. The van der Waals surface area contributed by atoms with Crippen LogP contribution < -0.4 is 0 Å². The lowest BCUT2D eigenvalue weighted by atomic mass is 9.89. The molecule has 0 saturated heterocycles. The molecule has 5 aromatic carbocycles. The van der Waals surface area contributed by atoms with Crippen LogP contribution in [-0.4, -0.2) is 36.9 Å². The molecule has 6 aromatic rings. The summed E-state index contributed by atoms with van der Waals surface area (Å²) in [5.41, 5.74) is 6.12. The van der Waals surface area contributed by atoms with Gasteiger partial charge in [-0.15, -0.1) is 0 Å². The smallest absolute Gasteiger partial charge is 0.257 e. The third kappa shape index (κ3) is 5.46. The lowest BCUT2D eigenvalue weighted by Gasteiger charge is -2.38. The Morgan fingerprint density at radius 1 is 0.652 bits per heavy atom. The van der Waals surface area contributed by atoms with Crippen LogP contribution in [0.3, 0.4) is 0 Å². The molecule has 1 aliphatic heterocycles. The summed E-state index contributed by atoms with van der Waals surface area (Å²) in [6.45, 7) is 4.19. The minimum atomic E-state index is -1.02. The molecule has 1 aromatic heterocycles. The van der Waals surface area contributed by atoms with Crippen molar-refractivity contribution in [2.75, 3.05) is 0 Å². The third-order valence-corrected chi connectivity index (χ3v) is 8.94. The number of aliphatic hydroxyl groups excluding tert-OH is 1. The number of hydrogen-bond donors (Lipinski definition) is 1. The van der Waals surface area contributed by atoms with Crippen LogP contribution in [0.2, 0.25) is 0 Å². The zero-order valence-electron chi connectivity index (χ0n) is 26.1. The molecule has 46 heavy (non-hydrogen) atoms. The molecule has 228 valence electrons. The van der Waals surface area contributed by atoms with E-state index >= 15 is 0 Å². The number of rotatable bonds is 9. The molecule has 0 radical (unpaired) electrons. The van der Waals surface area contributed by atoms with Crippen molar-refractivity contribution >= 4 is 16.7 Å². The molecule has 6 nitrogen and oxygen atoms in total. The number of hydrogen-bond acceptors (Lipinski definition) is 5. The maximum Gasteiger partial charge on any atom is 0.257 e. The van der Waals surface area contributed by atoms with E-state index in [-0.39, 0.29) is 11.9 Å². The molecule has 0 bridgehead atoms. The molecular weight excluding hydrogens is 568 g/mol. The van der Waals surface area contributed by atoms with Gasteiger partial charge in [0.2, 0.25) is 0 Å². The molecular formula is C40H36N4O2. The molecule has 0 fully saturated rings. The number of carbonyl (C=O) groups excluding carboxylic acids is 1. The van der Waals surface area contributed by atoms with Crippen molar-refractivity contribution in [2.24, 2.45) is 0 Å². The second-order valence-corrected chi connectivity index (χ2v) is 12.0. The van der Waals surface area contributed by atoms with E-state index in [0.717, 1.165) is 69.8 Å². The van der Waals surface area contributed by atoms with Crippen LogP contribution in [0.4, 0.5) is 0 Å². The Morgan fingerprint density at radius 3 is 1.91 bits per heavy atom. The first kappa shape index (κ1) is 29.5. The highest BCUT2D eigenvalue weighted by molar-refractivity contribution is 6.13. The lowest BCUT2D eigenvalue weighted by molar-refractivity contribution is -0.0142. The Kier molecular flexibility index (Phi) is 8.12. The highest BCUT2D eigenvalue weighted by Gasteiger charge is 2.36. The first-order valence-corrected chi connectivity index (χ1v) is 16.1. The van der Waals surface area contributed by atoms with Crippen molar-refractivity contribution in [3.63, 3.8) is 0 Å². The van der Waals surface area contributed by atoms with E-state index in [1.165, 1.54) is 0 Å². The van der Waals surface area contributed by atoms with Crippen molar-refractivity contribution in [1.82, 2.24) is 19.9 Å². The first-order valence-electron chi connectivity index (χ1n) is 16.1. The second-order valence-electron chi connectivity index (χ2n) is 12.0. The van der Waals surface area contributed by atoms with Gasteiger partial charge >= 0.3 is 0 Å². The van der Waals surface area contributed by atoms with Crippen LogP contribution in [0.5, 0.6) is 0 Å². The average Bonchev–Trinajstić information content (AvgIpc) is 3.11. The zero-order chi connectivity index (χ0) is 31.6. The van der Waals surface area contributed by atoms with Crippen LogP contribution in [-0.2, 0) is 0 Å². The van der Waals surface area contributed by atoms with E-state index in [0.29, 0.717) is 23.0 Å². The predicted molar refractivity (Wildman–Crippen MR) is 184 cm³/mol. The number of benzene rings is 5. The van der Waals surface area contributed by atoms with E-state index in [9.17, 15) is 9.90 Å². The highest BCUT2D eigenvalue weighted by atomic mass is 16.3. The Labute approximate surface area is 269 Å². The van der Waals surface area contributed by atoms with Gasteiger partial charge in [-0.05, 0) is 35.9 Å². The Morgan fingerprint density at radius 2 is 1.24 bits per heavy atom. The molecule has 1 aliphatic rings. The lowest BCUT2D eigenvalue weighted by Crippen LogP contribution is -2.44. The van der Waals surface area contributed by atoms with E-state index in [2.05, 4.69) is 31.2 Å². The fourth-order valence-corrected chi connectivity index (χ4v) is 6.48. The van der Waals surface area contributed by atoms with Gasteiger partial charge in [0, 0.05) is 39.2 Å². The van der Waals surface area contributed by atoms with Crippen molar-refractivity contribution < 1.29 is 9.90 Å². The summed E-state index contributed by atoms with van der Waals surface area (Å²) in [6.07, 6.45) is 3.06. The maximum absolute atomic E-state index is 13.9. The van der Waals surface area contributed by atoms with Gasteiger partial charge in [-0.1, -0.05) is 135 Å². The van der Waals surface area contributed by atoms with Crippen LogP contribution in [0.1, 0.15) is 61.7 Å². The largest absolute Gasteiger partial charge is 0.369 e. The van der Waals surface area contributed by atoms with Crippen molar-refractivity contribution in [1.29, 1.82) is 0 Å². The molecule has 7 rings (SSSR count). The summed E-state index contributed by atoms with van der Waals surface area (Å²) in [4.78, 5) is 30.4. The SMILES string of the molecule is CCCCCC(C)N1C(=O)c2cccc3c(-c4nc(-c5ccccc5)nc(-c5ccc(-c6ccccc6)cc5)n4)ccc(c23)[C@@H]1O. The van der Waals surface area contributed by atoms with Gasteiger partial charge in [0.1, 0.15) is 0 Å². The quantitative estimate of drug-likeness (QED) is 0.167. The summed E-state index contributed by atoms with van der Waals surface area (Å²) < 4.78 is 0. The number of carbonyl (C=O) groups is 1. The molecule has 1 N–H and O–H groups in total. The molecule has 1 unspecified atom stereocenters. The van der Waals surface area contributed by atoms with Gasteiger partial charge in [-0.25, -0.2) is 15.0 Å². The van der Waals surface area contributed by atoms with Crippen molar-refractivity contribution in [2.45, 2.75) is 51.8 Å². The normalized spacial score (nSPS) is 14.9. The topological polar surface area (TPSA) is 79.2 Å². The van der Waals surface area contributed by atoms with Crippen LogP contribution in [0, 0.1) is 0 Å². The number of aliphatic hydroxyl groups is 1. The number of unbranched alkanes of at least 4 members (excludes halogenated alkanes) is 2. The Balaban J connectivity index is 1.34. The minimum Gasteiger partial charge on any atom is -0.369 e. The summed E-state index contributed by atoms with van der Waals surface area (Å²) in [7, 11) is 0. The van der Waals surface area contributed by atoms with Crippen LogP contribution >= 0.6 is 0 Å². The average molecular weight is 605 g/mol. The summed E-state index contributed by atoms with van der Waals surface area (Å²) in [5.74, 6) is 1.49. The molecule has 6 heteroatoms. The molecule has 1 amide bonds. The summed E-state index contributed by atoms with van der Waals surface area (Å²) in [6, 6.07) is 38.0. The van der Waals surface area contributed by atoms with Gasteiger partial charge in [0.05, 0.1) is 0 Å². The molecule has 0 spiro atoms. The van der Waals surface area contributed by atoms with Gasteiger partial charge < -0.3 is 10.0 Å². The van der Waals surface area contributed by atoms with Crippen LogP contribution in [0.25, 0.3) is 56.1 Å². The molecule has 0 aliphatic carbocycles. The van der Waals surface area contributed by atoms with Gasteiger partial charge in [-0.2, -0.15) is 0 Å². The number of nitrogens with zero attached hydrogens (tertiary/aromatic N) is 4. The van der Waals surface area contributed by atoms with Crippen molar-refractivity contribution in [3.05, 3.63) is 126 Å². The summed E-state index contributed by atoms with van der Waals surface area (Å²) >= 11 is 0. The fraction of sp³-hybridized carbons (Fsp3) is 0.200. The highest BCUT2D eigenvalue weighted by Crippen LogP contribution is 2.41. The van der Waals surface area contributed by atoms with E-state index in [4.69, 9.17) is 15.0 Å². The van der Waals surface area contributed by atoms with E-state index < -0.39 is 6.23 Å². The number of amides is 1. The van der Waals surface area contributed by atoms with E-state index in [1.807, 2.05) is 97.9 Å². The Bertz CT molecular complexity index is 2010. The zero-order valence-corrected chi connectivity index (χ0v) is 26.1. The van der Waals surface area contributed by atoms with Gasteiger partial charge in [0.15, 0.2) is 23.7 Å². The van der Waals surface area contributed by atoms with Gasteiger partial charge in [0.25, 0.3) is 5.91 Å². The monoisotopic (exact) mass is 604 g/mol.